The van der Waals surface area contributed by atoms with Gasteiger partial charge in [0, 0.05) is 6.54 Å². The van der Waals surface area contributed by atoms with Crippen molar-refractivity contribution in [3.05, 3.63) is 88.1 Å². The number of hydrogen-bond donors (Lipinski definition) is 1. The minimum absolute atomic E-state index is 0.0727. The molecule has 8 nitrogen and oxygen atoms in total. The van der Waals surface area contributed by atoms with Gasteiger partial charge in [-0.05, 0) is 31.0 Å². The van der Waals surface area contributed by atoms with Gasteiger partial charge in [0.1, 0.15) is 5.82 Å². The molecule has 0 saturated heterocycles. The lowest BCUT2D eigenvalue weighted by Gasteiger charge is -2.08. The molecule has 2 heterocycles. The van der Waals surface area contributed by atoms with Gasteiger partial charge in [0.15, 0.2) is 5.82 Å². The molecule has 0 fully saturated rings. The number of aromatic nitrogens is 4. The highest BCUT2D eigenvalue weighted by atomic mass is 16.5. The predicted octanol–water partition coefficient (Wildman–Crippen LogP) is 2.11. The maximum atomic E-state index is 12.7. The number of nitrogens with one attached hydrogen (secondary N) is 1. The Bertz CT molecular complexity index is 1210. The molecular weight excluding hydrogens is 370 g/mol. The molecule has 1 N–H and O–H groups in total. The van der Waals surface area contributed by atoms with E-state index in [9.17, 15) is 9.59 Å². The van der Waals surface area contributed by atoms with Crippen molar-refractivity contribution >= 4 is 16.8 Å². The lowest BCUT2D eigenvalue weighted by Crippen LogP contribution is -2.26. The molecule has 0 saturated carbocycles. The maximum Gasteiger partial charge on any atom is 0.316 e. The topological polar surface area (TPSA) is 103 Å². The Morgan fingerprint density at radius 1 is 1.07 bits per heavy atom. The monoisotopic (exact) mass is 389 g/mol. The van der Waals surface area contributed by atoms with Crippen molar-refractivity contribution in [2.75, 3.05) is 6.54 Å². The maximum absolute atomic E-state index is 12.7. The molecule has 146 valence electrons. The second-order valence-corrected chi connectivity index (χ2v) is 6.57. The van der Waals surface area contributed by atoms with Crippen LogP contribution in [0.2, 0.25) is 0 Å². The van der Waals surface area contributed by atoms with Gasteiger partial charge < -0.3 is 9.84 Å². The second-order valence-electron chi connectivity index (χ2n) is 6.57. The van der Waals surface area contributed by atoms with E-state index >= 15 is 0 Å². The highest BCUT2D eigenvalue weighted by molar-refractivity contribution is 5.89. The smallest absolute Gasteiger partial charge is 0.316 e. The minimum Gasteiger partial charge on any atom is -0.347 e. The first-order chi connectivity index (χ1) is 14.1. The molecule has 4 rings (SSSR count). The zero-order valence-corrected chi connectivity index (χ0v) is 15.8. The number of carbonyl (C=O) groups excluding carboxylic acids is 1. The summed E-state index contributed by atoms with van der Waals surface area (Å²) in [7, 11) is 0. The number of benzene rings is 2. The number of hydrogen-bond acceptors (Lipinski definition) is 6. The number of carbonyl (C=O) groups is 1. The van der Waals surface area contributed by atoms with E-state index in [1.165, 1.54) is 4.57 Å². The van der Waals surface area contributed by atoms with Crippen LogP contribution in [-0.4, -0.2) is 32.1 Å². The standard InChI is InChI=1S/C21H19N5O3/c1-14-23-17-10-6-5-9-16(17)21(28)26(14)13-18-24-20(29-25-18)19(27)22-12-11-15-7-3-2-4-8-15/h2-10H,11-13H2,1H3,(H,22,27). The molecule has 2 aromatic heterocycles. The Labute approximate surface area is 166 Å². The first-order valence-corrected chi connectivity index (χ1v) is 9.23. The molecule has 0 radical (unpaired) electrons. The van der Waals surface area contributed by atoms with Gasteiger partial charge in [0.2, 0.25) is 0 Å². The summed E-state index contributed by atoms with van der Waals surface area (Å²) in [5, 5.41) is 7.10. The van der Waals surface area contributed by atoms with E-state index in [0.29, 0.717) is 29.7 Å². The molecule has 0 aliphatic carbocycles. The Morgan fingerprint density at radius 3 is 2.66 bits per heavy atom. The average molecular weight is 389 g/mol. The van der Waals surface area contributed by atoms with E-state index in [0.717, 1.165) is 5.56 Å². The van der Waals surface area contributed by atoms with Gasteiger partial charge in [-0.25, -0.2) is 4.98 Å². The van der Waals surface area contributed by atoms with Gasteiger partial charge >= 0.3 is 11.8 Å². The minimum atomic E-state index is -0.444. The summed E-state index contributed by atoms with van der Waals surface area (Å²) in [4.78, 5) is 33.5. The molecule has 0 spiro atoms. The van der Waals surface area contributed by atoms with Crippen molar-refractivity contribution in [3.63, 3.8) is 0 Å². The summed E-state index contributed by atoms with van der Waals surface area (Å²) >= 11 is 0. The van der Waals surface area contributed by atoms with Crippen molar-refractivity contribution < 1.29 is 9.32 Å². The molecule has 29 heavy (non-hydrogen) atoms. The predicted molar refractivity (Wildman–Crippen MR) is 107 cm³/mol. The Balaban J connectivity index is 1.45. The zero-order valence-electron chi connectivity index (χ0n) is 15.8. The van der Waals surface area contributed by atoms with Gasteiger partial charge in [-0.2, -0.15) is 4.98 Å². The van der Waals surface area contributed by atoms with Crippen LogP contribution in [0.3, 0.4) is 0 Å². The van der Waals surface area contributed by atoms with Gasteiger partial charge in [0.25, 0.3) is 5.56 Å². The third-order valence-electron chi connectivity index (χ3n) is 4.56. The van der Waals surface area contributed by atoms with Gasteiger partial charge in [0.05, 0.1) is 17.4 Å². The summed E-state index contributed by atoms with van der Waals surface area (Å²) in [5.41, 5.74) is 1.57. The fourth-order valence-corrected chi connectivity index (χ4v) is 3.06. The number of para-hydroxylation sites is 1. The van der Waals surface area contributed by atoms with Crippen molar-refractivity contribution in [1.29, 1.82) is 0 Å². The van der Waals surface area contributed by atoms with Crippen LogP contribution in [0.15, 0.2) is 63.9 Å². The van der Waals surface area contributed by atoms with Crippen LogP contribution in [0, 0.1) is 6.92 Å². The largest absolute Gasteiger partial charge is 0.347 e. The molecule has 0 bridgehead atoms. The Hall–Kier alpha value is -3.81. The van der Waals surface area contributed by atoms with Crippen molar-refractivity contribution in [3.8, 4) is 0 Å². The van der Waals surface area contributed by atoms with E-state index in [-0.39, 0.29) is 23.8 Å². The molecular formula is C21H19N5O3. The molecule has 0 aliphatic rings. The van der Waals surface area contributed by atoms with Gasteiger partial charge in [-0.3, -0.25) is 14.2 Å². The van der Waals surface area contributed by atoms with Crippen molar-refractivity contribution in [2.45, 2.75) is 19.9 Å². The molecule has 4 aromatic rings. The number of nitrogens with zero attached hydrogens (tertiary/aromatic N) is 4. The number of fused-ring (bicyclic) bond motifs is 1. The molecule has 2 aromatic carbocycles. The highest BCUT2D eigenvalue weighted by Crippen LogP contribution is 2.09. The summed E-state index contributed by atoms with van der Waals surface area (Å²) in [5.74, 6) is 0.195. The fourth-order valence-electron chi connectivity index (χ4n) is 3.06. The van der Waals surface area contributed by atoms with Gasteiger partial charge in [-0.15, -0.1) is 0 Å². The number of rotatable bonds is 6. The summed E-state index contributed by atoms with van der Waals surface area (Å²) in [6.07, 6.45) is 0.699. The molecule has 0 atom stereocenters. The van der Waals surface area contributed by atoms with Crippen LogP contribution in [0.4, 0.5) is 0 Å². The van der Waals surface area contributed by atoms with Crippen LogP contribution in [0.25, 0.3) is 10.9 Å². The molecule has 0 aliphatic heterocycles. The summed E-state index contributed by atoms with van der Waals surface area (Å²) in [6.45, 7) is 2.27. The first kappa shape index (κ1) is 18.5. The van der Waals surface area contributed by atoms with Crippen LogP contribution in [-0.2, 0) is 13.0 Å². The zero-order chi connectivity index (χ0) is 20.2. The van der Waals surface area contributed by atoms with E-state index in [4.69, 9.17) is 4.52 Å². The average Bonchev–Trinajstić information content (AvgIpc) is 3.21. The lowest BCUT2D eigenvalue weighted by atomic mass is 10.1. The molecule has 8 heteroatoms. The molecule has 1 amide bonds. The fraction of sp³-hybridized carbons (Fsp3) is 0.190. The van der Waals surface area contributed by atoms with Crippen LogP contribution in [0.5, 0.6) is 0 Å². The van der Waals surface area contributed by atoms with Crippen LogP contribution >= 0.6 is 0 Å². The van der Waals surface area contributed by atoms with Crippen LogP contribution < -0.4 is 10.9 Å². The van der Waals surface area contributed by atoms with Gasteiger partial charge in [-0.1, -0.05) is 47.6 Å². The second kappa shape index (κ2) is 8.05. The summed E-state index contributed by atoms with van der Waals surface area (Å²) < 4.78 is 6.52. The van der Waals surface area contributed by atoms with Crippen molar-refractivity contribution in [2.24, 2.45) is 0 Å². The lowest BCUT2D eigenvalue weighted by molar-refractivity contribution is 0.0910. The first-order valence-electron chi connectivity index (χ1n) is 9.23. The van der Waals surface area contributed by atoms with E-state index < -0.39 is 5.91 Å². The third kappa shape index (κ3) is 4.06. The number of amides is 1. The third-order valence-corrected chi connectivity index (χ3v) is 4.56. The van der Waals surface area contributed by atoms with Crippen LogP contribution in [0.1, 0.15) is 27.9 Å². The van der Waals surface area contributed by atoms with E-state index in [1.807, 2.05) is 36.4 Å². The van der Waals surface area contributed by atoms with E-state index in [2.05, 4.69) is 20.4 Å². The molecule has 0 unspecified atom stereocenters. The quantitative estimate of drug-likeness (QED) is 0.542. The SMILES string of the molecule is Cc1nc2ccccc2c(=O)n1Cc1noc(C(=O)NCCc2ccccc2)n1. The van der Waals surface area contributed by atoms with E-state index in [1.54, 1.807) is 25.1 Å². The normalized spacial score (nSPS) is 10.9. The number of aryl methyl sites for hydroxylation is 1. The highest BCUT2D eigenvalue weighted by Gasteiger charge is 2.16. The Kier molecular flexibility index (Phi) is 5.15. The summed E-state index contributed by atoms with van der Waals surface area (Å²) in [6, 6.07) is 17.0. The van der Waals surface area contributed by atoms with Crippen molar-refractivity contribution in [1.82, 2.24) is 25.0 Å². The Morgan fingerprint density at radius 2 is 1.83 bits per heavy atom.